The second-order valence-electron chi connectivity index (χ2n) is 4.78. The molecule has 3 heterocycles. The Hall–Kier alpha value is -3.89. The number of hydrogen-bond acceptors (Lipinski definition) is 8. The van der Waals surface area contributed by atoms with Crippen molar-refractivity contribution in [3.05, 3.63) is 58.4 Å². The third kappa shape index (κ3) is 3.55. The van der Waals surface area contributed by atoms with Gasteiger partial charge in [0, 0.05) is 24.2 Å². The van der Waals surface area contributed by atoms with Crippen LogP contribution in [0.25, 0.3) is 11.4 Å². The zero-order valence-corrected chi connectivity index (χ0v) is 12.6. The maximum absolute atomic E-state index is 12.1. The SMILES string of the molecule is NC(=O)c1nc(CNC(=O)c2cnc(-c3cccnc3)[nH]c2=O)no1. The van der Waals surface area contributed by atoms with E-state index in [1.54, 1.807) is 18.3 Å². The van der Waals surface area contributed by atoms with E-state index in [0.717, 1.165) is 6.20 Å². The molecule has 0 aliphatic carbocycles. The summed E-state index contributed by atoms with van der Waals surface area (Å²) in [6, 6.07) is 3.42. The Morgan fingerprint density at radius 3 is 2.80 bits per heavy atom. The number of pyridine rings is 1. The van der Waals surface area contributed by atoms with E-state index >= 15 is 0 Å². The molecule has 3 aromatic rings. The first-order chi connectivity index (χ1) is 12.0. The van der Waals surface area contributed by atoms with E-state index in [-0.39, 0.29) is 23.8 Å². The van der Waals surface area contributed by atoms with Gasteiger partial charge in [-0.05, 0) is 12.1 Å². The highest BCUT2D eigenvalue weighted by Crippen LogP contribution is 2.10. The number of nitrogens with one attached hydrogen (secondary N) is 2. The predicted octanol–water partition coefficient (Wildman–Crippen LogP) is -0.756. The van der Waals surface area contributed by atoms with E-state index < -0.39 is 17.4 Å². The number of carbonyl (C=O) groups excluding carboxylic acids is 2. The fraction of sp³-hybridized carbons (Fsp3) is 0.0714. The van der Waals surface area contributed by atoms with Gasteiger partial charge in [0.2, 0.25) is 0 Å². The number of nitrogens with zero attached hydrogens (tertiary/aromatic N) is 4. The second-order valence-corrected chi connectivity index (χ2v) is 4.78. The van der Waals surface area contributed by atoms with Crippen molar-refractivity contribution in [3.8, 4) is 11.4 Å². The smallest absolute Gasteiger partial charge is 0.315 e. The topological polar surface area (TPSA) is 170 Å². The van der Waals surface area contributed by atoms with Crippen LogP contribution in [0.1, 0.15) is 26.9 Å². The van der Waals surface area contributed by atoms with E-state index in [4.69, 9.17) is 5.73 Å². The van der Waals surface area contributed by atoms with Crippen LogP contribution < -0.4 is 16.6 Å². The highest BCUT2D eigenvalue weighted by molar-refractivity contribution is 5.93. The minimum absolute atomic E-state index is 0.0403. The van der Waals surface area contributed by atoms with E-state index in [1.807, 2.05) is 0 Å². The van der Waals surface area contributed by atoms with Crippen LogP contribution in [0, 0.1) is 0 Å². The summed E-state index contributed by atoms with van der Waals surface area (Å²) < 4.78 is 4.58. The van der Waals surface area contributed by atoms with Crippen molar-refractivity contribution in [2.75, 3.05) is 0 Å². The van der Waals surface area contributed by atoms with Gasteiger partial charge >= 0.3 is 11.8 Å². The van der Waals surface area contributed by atoms with Crippen molar-refractivity contribution in [1.29, 1.82) is 0 Å². The lowest BCUT2D eigenvalue weighted by Crippen LogP contribution is -2.30. The lowest BCUT2D eigenvalue weighted by Gasteiger charge is -2.03. The normalized spacial score (nSPS) is 10.4. The number of rotatable bonds is 5. The van der Waals surface area contributed by atoms with Crippen molar-refractivity contribution in [1.82, 2.24) is 30.4 Å². The number of nitrogens with two attached hydrogens (primary N) is 1. The Labute approximate surface area is 139 Å². The molecule has 0 fully saturated rings. The first kappa shape index (κ1) is 16.0. The van der Waals surface area contributed by atoms with Gasteiger partial charge in [0.25, 0.3) is 11.5 Å². The molecule has 0 atom stereocenters. The van der Waals surface area contributed by atoms with Crippen molar-refractivity contribution in [2.45, 2.75) is 6.54 Å². The van der Waals surface area contributed by atoms with Crippen molar-refractivity contribution in [2.24, 2.45) is 5.73 Å². The number of aromatic nitrogens is 5. The van der Waals surface area contributed by atoms with Crippen LogP contribution in [0.5, 0.6) is 0 Å². The van der Waals surface area contributed by atoms with Crippen LogP contribution in [0.4, 0.5) is 0 Å². The van der Waals surface area contributed by atoms with E-state index in [1.165, 1.54) is 6.20 Å². The molecule has 3 aromatic heterocycles. The average Bonchev–Trinajstić information content (AvgIpc) is 3.10. The molecule has 0 spiro atoms. The molecule has 2 amide bonds. The summed E-state index contributed by atoms with van der Waals surface area (Å²) in [5, 5.41) is 5.89. The number of carbonyl (C=O) groups is 2. The molecule has 3 rings (SSSR count). The average molecular weight is 341 g/mol. The second kappa shape index (κ2) is 6.70. The van der Waals surface area contributed by atoms with Crippen LogP contribution in [0.15, 0.2) is 40.0 Å². The number of primary amides is 1. The van der Waals surface area contributed by atoms with E-state index in [9.17, 15) is 14.4 Å². The van der Waals surface area contributed by atoms with Crippen molar-refractivity contribution >= 4 is 11.8 Å². The minimum Gasteiger partial charge on any atom is -0.361 e. The molecule has 0 saturated heterocycles. The standard InChI is InChI=1S/C14H11N7O4/c15-10(22)14-19-9(21-25-14)6-18-12(23)8-5-17-11(20-13(8)24)7-2-1-3-16-4-7/h1-5H,6H2,(H2,15,22)(H,18,23)(H,17,20,24). The molecule has 0 aromatic carbocycles. The zero-order valence-electron chi connectivity index (χ0n) is 12.6. The van der Waals surface area contributed by atoms with Crippen LogP contribution in [-0.2, 0) is 6.54 Å². The summed E-state index contributed by atoms with van der Waals surface area (Å²) in [5.74, 6) is -1.60. The van der Waals surface area contributed by atoms with Crippen LogP contribution in [0.3, 0.4) is 0 Å². The van der Waals surface area contributed by atoms with Gasteiger partial charge in [0.15, 0.2) is 5.82 Å². The van der Waals surface area contributed by atoms with Gasteiger partial charge in [0.05, 0.1) is 6.54 Å². The molecular weight excluding hydrogens is 330 g/mol. The Balaban J connectivity index is 1.72. The molecule has 0 unspecified atom stereocenters. The third-order valence-electron chi connectivity index (χ3n) is 3.06. The first-order valence-electron chi connectivity index (χ1n) is 6.95. The third-order valence-corrected chi connectivity index (χ3v) is 3.06. The van der Waals surface area contributed by atoms with Crippen molar-refractivity contribution < 1.29 is 14.1 Å². The maximum atomic E-state index is 12.1. The lowest BCUT2D eigenvalue weighted by atomic mass is 10.2. The van der Waals surface area contributed by atoms with Gasteiger partial charge in [-0.25, -0.2) is 4.98 Å². The maximum Gasteiger partial charge on any atom is 0.315 e. The van der Waals surface area contributed by atoms with Gasteiger partial charge in [0.1, 0.15) is 11.4 Å². The number of aromatic amines is 1. The molecule has 11 nitrogen and oxygen atoms in total. The number of amides is 2. The molecule has 11 heteroatoms. The Morgan fingerprint density at radius 2 is 2.16 bits per heavy atom. The quantitative estimate of drug-likeness (QED) is 0.544. The fourth-order valence-corrected chi connectivity index (χ4v) is 1.89. The molecule has 0 saturated carbocycles. The van der Waals surface area contributed by atoms with Gasteiger partial charge in [-0.1, -0.05) is 5.16 Å². The highest BCUT2D eigenvalue weighted by Gasteiger charge is 2.15. The predicted molar refractivity (Wildman–Crippen MR) is 82.1 cm³/mol. The van der Waals surface area contributed by atoms with Crippen molar-refractivity contribution in [3.63, 3.8) is 0 Å². The molecule has 0 radical (unpaired) electrons. The Bertz CT molecular complexity index is 980. The molecule has 0 aliphatic heterocycles. The minimum atomic E-state index is -0.878. The molecular formula is C14H11N7O4. The fourth-order valence-electron chi connectivity index (χ4n) is 1.89. The monoisotopic (exact) mass is 341 g/mol. The van der Waals surface area contributed by atoms with Crippen LogP contribution >= 0.6 is 0 Å². The lowest BCUT2D eigenvalue weighted by molar-refractivity contribution is 0.0942. The molecule has 126 valence electrons. The zero-order chi connectivity index (χ0) is 17.8. The summed E-state index contributed by atoms with van der Waals surface area (Å²) in [4.78, 5) is 49.1. The van der Waals surface area contributed by atoms with Gasteiger partial charge in [-0.3, -0.25) is 19.4 Å². The van der Waals surface area contributed by atoms with E-state index in [2.05, 4.69) is 34.9 Å². The summed E-state index contributed by atoms with van der Waals surface area (Å²) in [6.07, 6.45) is 4.27. The van der Waals surface area contributed by atoms with Crippen LogP contribution in [-0.4, -0.2) is 36.9 Å². The summed E-state index contributed by atoms with van der Waals surface area (Å²) in [5.41, 5.74) is 4.78. The largest absolute Gasteiger partial charge is 0.361 e. The summed E-state index contributed by atoms with van der Waals surface area (Å²) in [6.45, 7) is -0.153. The van der Waals surface area contributed by atoms with Gasteiger partial charge < -0.3 is 20.6 Å². The first-order valence-corrected chi connectivity index (χ1v) is 6.95. The van der Waals surface area contributed by atoms with Gasteiger partial charge in [-0.15, -0.1) is 0 Å². The number of hydrogen-bond donors (Lipinski definition) is 3. The molecule has 0 aliphatic rings. The summed E-state index contributed by atoms with van der Waals surface area (Å²) in [7, 11) is 0. The molecule has 0 bridgehead atoms. The van der Waals surface area contributed by atoms with Gasteiger partial charge in [-0.2, -0.15) is 4.98 Å². The Morgan fingerprint density at radius 1 is 1.32 bits per heavy atom. The molecule has 25 heavy (non-hydrogen) atoms. The summed E-state index contributed by atoms with van der Waals surface area (Å²) >= 11 is 0. The Kier molecular flexibility index (Phi) is 4.28. The van der Waals surface area contributed by atoms with Crippen LogP contribution in [0.2, 0.25) is 0 Å². The molecule has 4 N–H and O–H groups in total. The highest BCUT2D eigenvalue weighted by atomic mass is 16.5. The number of H-pyrrole nitrogens is 1. The van der Waals surface area contributed by atoms with E-state index in [0.29, 0.717) is 11.4 Å².